The van der Waals surface area contributed by atoms with Gasteiger partial charge in [-0.1, -0.05) is 6.07 Å². The number of halogens is 1. The molecule has 0 unspecified atom stereocenters. The average Bonchev–Trinajstić information content (AvgIpc) is 2.38. The second kappa shape index (κ2) is 5.94. The molecule has 0 N–H and O–H groups in total. The summed E-state index contributed by atoms with van der Waals surface area (Å²) in [4.78, 5) is 5.01. The highest BCUT2D eigenvalue weighted by atomic mass is 35.5. The Balaban J connectivity index is 2.03. The first kappa shape index (κ1) is 13.7. The molecule has 3 heteroatoms. The van der Waals surface area contributed by atoms with Gasteiger partial charge in [-0.3, -0.25) is 4.90 Å². The molecular weight excluding hydrogens is 244 g/mol. The first-order valence-corrected chi connectivity index (χ1v) is 7.29. The molecule has 1 aliphatic heterocycles. The summed E-state index contributed by atoms with van der Waals surface area (Å²) in [5.74, 6) is 0.604. The van der Waals surface area contributed by atoms with Crippen molar-refractivity contribution in [1.82, 2.24) is 4.90 Å². The summed E-state index contributed by atoms with van der Waals surface area (Å²) >= 11 is 5.90. The Kier molecular flexibility index (Phi) is 4.52. The van der Waals surface area contributed by atoms with E-state index in [4.69, 9.17) is 11.6 Å². The van der Waals surface area contributed by atoms with E-state index in [1.54, 1.807) is 0 Å². The van der Waals surface area contributed by atoms with Crippen molar-refractivity contribution in [3.63, 3.8) is 0 Å². The number of benzene rings is 1. The fourth-order valence-electron chi connectivity index (χ4n) is 2.52. The number of hydrogen-bond donors (Lipinski definition) is 0. The summed E-state index contributed by atoms with van der Waals surface area (Å²) in [5, 5.41) is 0. The van der Waals surface area contributed by atoms with Crippen molar-refractivity contribution >= 4 is 17.3 Å². The second-order valence-electron chi connectivity index (χ2n) is 5.36. The number of piperazine rings is 1. The zero-order valence-corrected chi connectivity index (χ0v) is 12.4. The lowest BCUT2D eigenvalue weighted by Gasteiger charge is -2.38. The number of aryl methyl sites for hydroxylation is 1. The third-order valence-electron chi connectivity index (χ3n) is 3.88. The Labute approximate surface area is 116 Å². The first-order valence-electron chi connectivity index (χ1n) is 6.76. The van der Waals surface area contributed by atoms with Crippen molar-refractivity contribution in [3.05, 3.63) is 29.3 Å². The van der Waals surface area contributed by atoms with Crippen LogP contribution in [0.3, 0.4) is 0 Å². The molecular formula is C15H23ClN2. The van der Waals surface area contributed by atoms with Gasteiger partial charge in [0.1, 0.15) is 0 Å². The van der Waals surface area contributed by atoms with Gasteiger partial charge in [0.05, 0.1) is 0 Å². The van der Waals surface area contributed by atoms with E-state index < -0.39 is 0 Å². The third kappa shape index (κ3) is 2.99. The highest BCUT2D eigenvalue weighted by molar-refractivity contribution is 6.17. The topological polar surface area (TPSA) is 6.48 Å². The van der Waals surface area contributed by atoms with Gasteiger partial charge in [-0.25, -0.2) is 0 Å². The Morgan fingerprint density at radius 3 is 2.33 bits per heavy atom. The van der Waals surface area contributed by atoms with Crippen molar-refractivity contribution in [2.45, 2.75) is 32.7 Å². The normalized spacial score (nSPS) is 17.5. The Morgan fingerprint density at radius 2 is 1.83 bits per heavy atom. The van der Waals surface area contributed by atoms with Crippen LogP contribution >= 0.6 is 11.6 Å². The average molecular weight is 267 g/mol. The van der Waals surface area contributed by atoms with Gasteiger partial charge in [0.15, 0.2) is 0 Å². The van der Waals surface area contributed by atoms with E-state index in [0.717, 1.165) is 26.2 Å². The molecule has 1 aromatic rings. The Bertz CT molecular complexity index is 395. The molecule has 1 saturated heterocycles. The van der Waals surface area contributed by atoms with Crippen LogP contribution in [-0.2, 0) is 5.88 Å². The van der Waals surface area contributed by atoms with Gasteiger partial charge in [0.25, 0.3) is 0 Å². The van der Waals surface area contributed by atoms with Gasteiger partial charge in [-0.05, 0) is 44.0 Å². The SMILES string of the molecule is Cc1cc(N2CCN(C(C)C)CC2)ccc1CCl. The lowest BCUT2D eigenvalue weighted by atomic mass is 10.1. The van der Waals surface area contributed by atoms with Crippen LogP contribution in [-0.4, -0.2) is 37.1 Å². The van der Waals surface area contributed by atoms with Crippen LogP contribution in [0.25, 0.3) is 0 Å². The minimum Gasteiger partial charge on any atom is -0.369 e. The molecule has 0 aliphatic carbocycles. The van der Waals surface area contributed by atoms with E-state index in [1.165, 1.54) is 16.8 Å². The van der Waals surface area contributed by atoms with Crippen LogP contribution in [0.15, 0.2) is 18.2 Å². The van der Waals surface area contributed by atoms with Crippen molar-refractivity contribution in [1.29, 1.82) is 0 Å². The van der Waals surface area contributed by atoms with E-state index in [2.05, 4.69) is 48.8 Å². The summed E-state index contributed by atoms with van der Waals surface area (Å²) in [5.41, 5.74) is 3.87. The van der Waals surface area contributed by atoms with Gasteiger partial charge in [0.2, 0.25) is 0 Å². The number of nitrogens with zero attached hydrogens (tertiary/aromatic N) is 2. The standard InChI is InChI=1S/C15H23ClN2/c1-12(2)17-6-8-18(9-7-17)15-5-4-14(11-16)13(3)10-15/h4-5,10,12H,6-9,11H2,1-3H3. The van der Waals surface area contributed by atoms with E-state index in [1.807, 2.05) is 0 Å². The summed E-state index contributed by atoms with van der Waals surface area (Å²) < 4.78 is 0. The molecule has 0 amide bonds. The summed E-state index contributed by atoms with van der Waals surface area (Å²) in [6, 6.07) is 7.29. The van der Waals surface area contributed by atoms with Gasteiger partial charge < -0.3 is 4.90 Å². The van der Waals surface area contributed by atoms with Gasteiger partial charge in [0, 0.05) is 43.8 Å². The molecule has 1 heterocycles. The molecule has 1 fully saturated rings. The van der Waals surface area contributed by atoms with Crippen LogP contribution in [0.2, 0.25) is 0 Å². The highest BCUT2D eigenvalue weighted by Crippen LogP contribution is 2.22. The van der Waals surface area contributed by atoms with E-state index in [9.17, 15) is 0 Å². The van der Waals surface area contributed by atoms with Crippen LogP contribution in [0, 0.1) is 6.92 Å². The maximum atomic E-state index is 5.90. The zero-order valence-electron chi connectivity index (χ0n) is 11.6. The highest BCUT2D eigenvalue weighted by Gasteiger charge is 2.19. The molecule has 100 valence electrons. The Morgan fingerprint density at radius 1 is 1.17 bits per heavy atom. The minimum atomic E-state index is 0.604. The molecule has 0 radical (unpaired) electrons. The minimum absolute atomic E-state index is 0.604. The molecule has 0 aromatic heterocycles. The molecule has 0 bridgehead atoms. The fraction of sp³-hybridized carbons (Fsp3) is 0.600. The van der Waals surface area contributed by atoms with Crippen molar-refractivity contribution < 1.29 is 0 Å². The predicted molar refractivity (Wildman–Crippen MR) is 79.7 cm³/mol. The number of hydrogen-bond acceptors (Lipinski definition) is 2. The predicted octanol–water partition coefficient (Wildman–Crippen LogP) is 3.26. The summed E-state index contributed by atoms with van der Waals surface area (Å²) in [6.07, 6.45) is 0. The summed E-state index contributed by atoms with van der Waals surface area (Å²) in [7, 11) is 0. The van der Waals surface area contributed by atoms with Gasteiger partial charge in [-0.15, -0.1) is 11.6 Å². The Hall–Kier alpha value is -0.730. The van der Waals surface area contributed by atoms with Crippen LogP contribution in [0.1, 0.15) is 25.0 Å². The van der Waals surface area contributed by atoms with Crippen molar-refractivity contribution in [2.24, 2.45) is 0 Å². The van der Waals surface area contributed by atoms with Crippen LogP contribution in [0.5, 0.6) is 0 Å². The number of alkyl halides is 1. The van der Waals surface area contributed by atoms with Crippen molar-refractivity contribution in [3.8, 4) is 0 Å². The van der Waals surface area contributed by atoms with Crippen molar-refractivity contribution in [2.75, 3.05) is 31.1 Å². The lowest BCUT2D eigenvalue weighted by Crippen LogP contribution is -2.48. The van der Waals surface area contributed by atoms with Gasteiger partial charge in [-0.2, -0.15) is 0 Å². The van der Waals surface area contributed by atoms with Crippen LogP contribution in [0.4, 0.5) is 5.69 Å². The fourth-order valence-corrected chi connectivity index (χ4v) is 2.82. The molecule has 2 nitrogen and oxygen atoms in total. The van der Waals surface area contributed by atoms with E-state index >= 15 is 0 Å². The lowest BCUT2D eigenvalue weighted by molar-refractivity contribution is 0.209. The second-order valence-corrected chi connectivity index (χ2v) is 5.63. The largest absolute Gasteiger partial charge is 0.369 e. The number of anilines is 1. The summed E-state index contributed by atoms with van der Waals surface area (Å²) in [6.45, 7) is 11.3. The number of rotatable bonds is 3. The van der Waals surface area contributed by atoms with E-state index in [-0.39, 0.29) is 0 Å². The molecule has 18 heavy (non-hydrogen) atoms. The zero-order chi connectivity index (χ0) is 13.1. The molecule has 0 atom stereocenters. The maximum Gasteiger partial charge on any atom is 0.0476 e. The molecule has 1 aromatic carbocycles. The molecule has 0 spiro atoms. The first-order chi connectivity index (χ1) is 8.61. The van der Waals surface area contributed by atoms with Gasteiger partial charge >= 0.3 is 0 Å². The monoisotopic (exact) mass is 266 g/mol. The maximum absolute atomic E-state index is 5.90. The third-order valence-corrected chi connectivity index (χ3v) is 4.17. The molecule has 0 saturated carbocycles. The quantitative estimate of drug-likeness (QED) is 0.775. The van der Waals surface area contributed by atoms with Crippen LogP contribution < -0.4 is 4.90 Å². The van der Waals surface area contributed by atoms with E-state index in [0.29, 0.717) is 11.9 Å². The smallest absolute Gasteiger partial charge is 0.0476 e. The molecule has 1 aliphatic rings. The molecule has 2 rings (SSSR count).